The number of hydrogen-bond acceptors (Lipinski definition) is 4. The van der Waals surface area contributed by atoms with E-state index in [9.17, 15) is 14.4 Å². The molecule has 0 spiro atoms. The Kier molecular flexibility index (Phi) is 2.78. The Balaban J connectivity index is 2.23. The van der Waals surface area contributed by atoms with Gasteiger partial charge in [0.15, 0.2) is 0 Å². The van der Waals surface area contributed by atoms with Gasteiger partial charge in [0.1, 0.15) is 4.70 Å². The first-order chi connectivity index (χ1) is 9.09. The van der Waals surface area contributed by atoms with Gasteiger partial charge in [-0.1, -0.05) is 0 Å². The van der Waals surface area contributed by atoms with E-state index in [4.69, 9.17) is 5.11 Å². The van der Waals surface area contributed by atoms with Gasteiger partial charge in [-0.05, 0) is 24.3 Å². The summed E-state index contributed by atoms with van der Waals surface area (Å²) in [4.78, 5) is 35.2. The van der Waals surface area contributed by atoms with Gasteiger partial charge in [-0.25, -0.2) is 4.79 Å². The number of thiophene rings is 1. The summed E-state index contributed by atoms with van der Waals surface area (Å²) in [6.45, 7) is 0.0917. The first kappa shape index (κ1) is 12.2. The number of carboxylic acids is 1. The molecule has 0 bridgehead atoms. The Morgan fingerprint density at radius 3 is 2.79 bits per heavy atom. The number of aryl methyl sites for hydroxylation is 1. The third kappa shape index (κ3) is 1.99. The van der Waals surface area contributed by atoms with Gasteiger partial charge in [0.05, 0.1) is 11.9 Å². The van der Waals surface area contributed by atoms with E-state index >= 15 is 0 Å². The van der Waals surface area contributed by atoms with E-state index < -0.39 is 5.97 Å². The summed E-state index contributed by atoms with van der Waals surface area (Å²) < 4.78 is 3.21. The fourth-order valence-electron chi connectivity index (χ4n) is 2.18. The molecule has 0 amide bonds. The fraction of sp³-hybridized carbons (Fsp3) is 0.417. The highest BCUT2D eigenvalue weighted by atomic mass is 32.1. The lowest BCUT2D eigenvalue weighted by Crippen LogP contribution is -2.39. The van der Waals surface area contributed by atoms with Crippen LogP contribution in [-0.4, -0.2) is 20.2 Å². The lowest BCUT2D eigenvalue weighted by atomic mass is 10.3. The second-order valence-corrected chi connectivity index (χ2v) is 5.54. The van der Waals surface area contributed by atoms with Gasteiger partial charge in [0.25, 0.3) is 5.56 Å². The van der Waals surface area contributed by atoms with E-state index in [0.717, 1.165) is 12.8 Å². The molecule has 1 saturated carbocycles. The monoisotopic (exact) mass is 280 g/mol. The number of carbonyl (C=O) groups is 1. The number of rotatable bonds is 4. The van der Waals surface area contributed by atoms with Crippen LogP contribution in [0.3, 0.4) is 0 Å². The third-order valence-corrected chi connectivity index (χ3v) is 4.14. The summed E-state index contributed by atoms with van der Waals surface area (Å²) in [7, 11) is 0. The summed E-state index contributed by atoms with van der Waals surface area (Å²) in [5.74, 6) is -0.959. The minimum Gasteiger partial charge on any atom is -0.481 e. The molecule has 2 heterocycles. The van der Waals surface area contributed by atoms with Crippen LogP contribution >= 0.6 is 11.3 Å². The van der Waals surface area contributed by atoms with Crippen LogP contribution in [0.2, 0.25) is 0 Å². The van der Waals surface area contributed by atoms with Gasteiger partial charge < -0.3 is 5.11 Å². The summed E-state index contributed by atoms with van der Waals surface area (Å²) in [5.41, 5.74) is -0.0955. The van der Waals surface area contributed by atoms with Gasteiger partial charge >= 0.3 is 11.7 Å². The highest BCUT2D eigenvalue weighted by molar-refractivity contribution is 7.17. The van der Waals surface area contributed by atoms with Crippen LogP contribution in [0.25, 0.3) is 10.2 Å². The predicted octanol–water partition coefficient (Wildman–Crippen LogP) is 1.03. The number of fused-ring (bicyclic) bond motifs is 1. The molecule has 7 heteroatoms. The molecule has 0 aromatic carbocycles. The van der Waals surface area contributed by atoms with Crippen LogP contribution in [0.4, 0.5) is 0 Å². The maximum absolute atomic E-state index is 12.3. The van der Waals surface area contributed by atoms with E-state index in [0.29, 0.717) is 10.2 Å². The number of hydrogen-bond donors (Lipinski definition) is 1. The molecular weight excluding hydrogens is 268 g/mol. The third-order valence-electron chi connectivity index (χ3n) is 3.25. The molecule has 0 atom stereocenters. The van der Waals surface area contributed by atoms with Crippen molar-refractivity contribution in [3.63, 3.8) is 0 Å². The molecule has 0 radical (unpaired) electrons. The Hall–Kier alpha value is -1.89. The first-order valence-corrected chi connectivity index (χ1v) is 6.92. The summed E-state index contributed by atoms with van der Waals surface area (Å²) in [6.07, 6.45) is 1.55. The topological polar surface area (TPSA) is 81.3 Å². The van der Waals surface area contributed by atoms with Crippen LogP contribution in [0, 0.1) is 0 Å². The average molecular weight is 280 g/mol. The van der Waals surface area contributed by atoms with E-state index in [1.807, 2.05) is 0 Å². The van der Waals surface area contributed by atoms with Crippen molar-refractivity contribution in [2.24, 2.45) is 0 Å². The zero-order chi connectivity index (χ0) is 13.6. The smallest absolute Gasteiger partial charge is 0.331 e. The maximum Gasteiger partial charge on any atom is 0.331 e. The van der Waals surface area contributed by atoms with Crippen molar-refractivity contribution in [1.82, 2.24) is 9.13 Å². The Morgan fingerprint density at radius 1 is 1.42 bits per heavy atom. The van der Waals surface area contributed by atoms with Gasteiger partial charge in [0, 0.05) is 12.6 Å². The van der Waals surface area contributed by atoms with Gasteiger partial charge in [-0.3, -0.25) is 18.7 Å². The van der Waals surface area contributed by atoms with E-state index in [1.54, 1.807) is 11.4 Å². The van der Waals surface area contributed by atoms with Crippen molar-refractivity contribution in [3.8, 4) is 0 Å². The van der Waals surface area contributed by atoms with Crippen LogP contribution in [0.5, 0.6) is 0 Å². The van der Waals surface area contributed by atoms with Crippen LogP contribution in [0.1, 0.15) is 25.3 Å². The van der Waals surface area contributed by atoms with Crippen molar-refractivity contribution < 1.29 is 9.90 Å². The second kappa shape index (κ2) is 4.34. The van der Waals surface area contributed by atoms with Crippen LogP contribution < -0.4 is 11.2 Å². The lowest BCUT2D eigenvalue weighted by molar-refractivity contribution is -0.137. The zero-order valence-corrected chi connectivity index (χ0v) is 10.9. The number of carboxylic acid groups (broad SMARTS) is 1. The maximum atomic E-state index is 12.3. The van der Waals surface area contributed by atoms with Gasteiger partial charge in [-0.15, -0.1) is 11.3 Å². The van der Waals surface area contributed by atoms with Crippen molar-refractivity contribution in [2.45, 2.75) is 31.8 Å². The minimum absolute atomic E-state index is 0.0115. The molecule has 0 saturated heterocycles. The van der Waals surface area contributed by atoms with E-state index in [-0.39, 0.29) is 30.3 Å². The van der Waals surface area contributed by atoms with Crippen molar-refractivity contribution in [1.29, 1.82) is 0 Å². The molecule has 3 rings (SSSR count). The lowest BCUT2D eigenvalue weighted by Gasteiger charge is -2.10. The van der Waals surface area contributed by atoms with Crippen LogP contribution in [0.15, 0.2) is 21.0 Å². The summed E-state index contributed by atoms with van der Waals surface area (Å²) in [5, 5.41) is 10.5. The quantitative estimate of drug-likeness (QED) is 0.907. The van der Waals surface area contributed by atoms with E-state index in [1.165, 1.54) is 20.5 Å². The van der Waals surface area contributed by atoms with Crippen molar-refractivity contribution >= 4 is 27.5 Å². The Morgan fingerprint density at radius 2 is 2.16 bits per heavy atom. The fourth-order valence-corrected chi connectivity index (χ4v) is 3.01. The Labute approximate surface area is 111 Å². The van der Waals surface area contributed by atoms with Crippen molar-refractivity contribution in [2.75, 3.05) is 0 Å². The summed E-state index contributed by atoms with van der Waals surface area (Å²) >= 11 is 1.29. The average Bonchev–Trinajstić information content (AvgIpc) is 3.05. The molecule has 2 aromatic rings. The molecule has 6 nitrogen and oxygen atoms in total. The molecular formula is C12H12N2O4S. The molecule has 19 heavy (non-hydrogen) atoms. The molecule has 100 valence electrons. The van der Waals surface area contributed by atoms with Gasteiger partial charge in [-0.2, -0.15) is 0 Å². The van der Waals surface area contributed by atoms with E-state index in [2.05, 4.69) is 0 Å². The summed E-state index contributed by atoms with van der Waals surface area (Å²) in [6, 6.07) is 1.68. The highest BCUT2D eigenvalue weighted by Crippen LogP contribution is 2.32. The number of aromatic nitrogens is 2. The number of nitrogens with zero attached hydrogens (tertiary/aromatic N) is 2. The van der Waals surface area contributed by atoms with Gasteiger partial charge in [0.2, 0.25) is 0 Å². The molecule has 1 fully saturated rings. The zero-order valence-electron chi connectivity index (χ0n) is 10.0. The second-order valence-electron chi connectivity index (χ2n) is 4.62. The molecule has 0 aliphatic heterocycles. The van der Waals surface area contributed by atoms with Crippen LogP contribution in [-0.2, 0) is 11.3 Å². The molecule has 2 aromatic heterocycles. The molecule has 1 aliphatic carbocycles. The minimum atomic E-state index is -0.959. The van der Waals surface area contributed by atoms with Crippen molar-refractivity contribution in [3.05, 3.63) is 32.3 Å². The molecule has 1 aliphatic rings. The standard InChI is InChI=1S/C12H12N2O4S/c15-9(16)3-5-13-8-4-6-19-10(8)11(17)14(12(13)18)7-1-2-7/h4,6-7H,1-3,5H2,(H,15,16). The molecule has 0 unspecified atom stereocenters. The molecule has 1 N–H and O–H groups in total. The SMILES string of the molecule is O=C(O)CCn1c(=O)n(C2CC2)c(=O)c2sccc21. The Bertz CT molecular complexity index is 766. The first-order valence-electron chi connectivity index (χ1n) is 6.04. The number of aliphatic carboxylic acids is 1. The highest BCUT2D eigenvalue weighted by Gasteiger charge is 2.29. The largest absolute Gasteiger partial charge is 0.481 e. The predicted molar refractivity (Wildman–Crippen MR) is 70.9 cm³/mol. The normalized spacial score (nSPS) is 14.9.